The van der Waals surface area contributed by atoms with Crippen LogP contribution >= 0.6 is 15.9 Å². The molecule has 1 saturated heterocycles. The van der Waals surface area contributed by atoms with E-state index >= 15 is 0 Å². The number of hydrogen-bond acceptors (Lipinski definition) is 5. The Morgan fingerprint density at radius 2 is 2.08 bits per heavy atom. The van der Waals surface area contributed by atoms with Crippen LogP contribution in [0.15, 0.2) is 22.7 Å². The molecule has 1 heterocycles. The summed E-state index contributed by atoms with van der Waals surface area (Å²) in [5.41, 5.74) is -1.25. The molecule has 1 N–H and O–H groups in total. The van der Waals surface area contributed by atoms with Crippen LogP contribution in [0.25, 0.3) is 0 Å². The van der Waals surface area contributed by atoms with Crippen LogP contribution in [-0.2, 0) is 16.0 Å². The van der Waals surface area contributed by atoms with Crippen molar-refractivity contribution >= 4 is 33.7 Å². The van der Waals surface area contributed by atoms with Crippen molar-refractivity contribution in [3.63, 3.8) is 0 Å². The minimum Gasteiger partial charge on any atom is -0.481 e. The first-order valence-electron chi connectivity index (χ1n) is 8.08. The highest BCUT2D eigenvalue weighted by Gasteiger charge is 2.47. The number of benzene rings is 1. The summed E-state index contributed by atoms with van der Waals surface area (Å²) in [6, 6.07) is 4.24. The normalized spacial score (nSPS) is 20.1. The van der Waals surface area contributed by atoms with E-state index in [0.717, 1.165) is 0 Å². The molecule has 1 aliphatic rings. The maximum Gasteiger partial charge on any atom is 0.410 e. The van der Waals surface area contributed by atoms with Crippen LogP contribution in [0.3, 0.4) is 0 Å². The summed E-state index contributed by atoms with van der Waals surface area (Å²) in [6.07, 6.45) is -0.103. The Morgan fingerprint density at radius 1 is 1.42 bits per heavy atom. The molecule has 0 saturated carbocycles. The fourth-order valence-corrected chi connectivity index (χ4v) is 3.41. The molecule has 9 heteroatoms. The number of non-ortho nitro benzene ring substituents is 1. The van der Waals surface area contributed by atoms with E-state index in [-0.39, 0.29) is 31.6 Å². The van der Waals surface area contributed by atoms with Crippen molar-refractivity contribution in [2.45, 2.75) is 39.2 Å². The number of carboxylic acid groups (broad SMARTS) is 1. The quantitative estimate of drug-likeness (QED) is 0.579. The van der Waals surface area contributed by atoms with E-state index in [1.165, 1.54) is 17.0 Å². The van der Waals surface area contributed by atoms with Crippen LogP contribution in [0, 0.1) is 15.5 Å². The van der Waals surface area contributed by atoms with Gasteiger partial charge in [0.15, 0.2) is 0 Å². The zero-order valence-electron chi connectivity index (χ0n) is 14.8. The molecule has 0 bridgehead atoms. The van der Waals surface area contributed by atoms with Crippen molar-refractivity contribution in [1.29, 1.82) is 0 Å². The highest BCUT2D eigenvalue weighted by Crippen LogP contribution is 2.37. The second kappa shape index (κ2) is 7.22. The van der Waals surface area contributed by atoms with Crippen molar-refractivity contribution in [2.24, 2.45) is 5.41 Å². The minimum absolute atomic E-state index is 0.0284. The molecule has 1 amide bonds. The average Bonchev–Trinajstić information content (AvgIpc) is 2.93. The second-order valence-electron chi connectivity index (χ2n) is 7.45. The first-order chi connectivity index (χ1) is 11.9. The van der Waals surface area contributed by atoms with Crippen molar-refractivity contribution in [3.8, 4) is 0 Å². The maximum absolute atomic E-state index is 12.2. The van der Waals surface area contributed by atoms with Gasteiger partial charge in [-0.1, -0.05) is 22.0 Å². The van der Waals surface area contributed by atoms with E-state index in [0.29, 0.717) is 10.0 Å². The molecule has 0 aliphatic carbocycles. The molecule has 2 rings (SSSR count). The molecule has 1 aliphatic heterocycles. The van der Waals surface area contributed by atoms with Crippen LogP contribution in [0.5, 0.6) is 0 Å². The fourth-order valence-electron chi connectivity index (χ4n) is 2.91. The third kappa shape index (κ3) is 4.51. The number of nitro benzene ring substituents is 1. The number of likely N-dealkylation sites (tertiary alicyclic amines) is 1. The van der Waals surface area contributed by atoms with E-state index in [9.17, 15) is 24.8 Å². The van der Waals surface area contributed by atoms with Gasteiger partial charge in [-0.05, 0) is 39.2 Å². The van der Waals surface area contributed by atoms with Gasteiger partial charge >= 0.3 is 12.1 Å². The Hall–Kier alpha value is -2.16. The number of nitro groups is 1. The number of hydrogen-bond donors (Lipinski definition) is 1. The number of rotatable bonds is 4. The molecule has 0 aromatic heterocycles. The number of ether oxygens (including phenoxy) is 1. The lowest BCUT2D eigenvalue weighted by atomic mass is 9.81. The molecule has 0 radical (unpaired) electrons. The van der Waals surface area contributed by atoms with Crippen LogP contribution in [-0.4, -0.2) is 45.7 Å². The van der Waals surface area contributed by atoms with Gasteiger partial charge in [-0.3, -0.25) is 14.9 Å². The van der Waals surface area contributed by atoms with Gasteiger partial charge in [0, 0.05) is 29.7 Å². The van der Waals surface area contributed by atoms with Gasteiger partial charge in [-0.15, -0.1) is 0 Å². The van der Waals surface area contributed by atoms with E-state index in [1.807, 2.05) is 0 Å². The summed E-state index contributed by atoms with van der Waals surface area (Å²) in [6.45, 7) is 5.56. The first kappa shape index (κ1) is 20.2. The number of halogens is 1. The Labute approximate surface area is 159 Å². The van der Waals surface area contributed by atoms with Crippen LogP contribution in [0.2, 0.25) is 0 Å². The molecular weight excluding hydrogens is 408 g/mol. The van der Waals surface area contributed by atoms with Gasteiger partial charge in [0.1, 0.15) is 5.60 Å². The topological polar surface area (TPSA) is 110 Å². The molecule has 8 nitrogen and oxygen atoms in total. The Kier molecular flexibility index (Phi) is 5.60. The Bertz CT molecular complexity index is 745. The zero-order valence-corrected chi connectivity index (χ0v) is 16.4. The smallest absolute Gasteiger partial charge is 0.410 e. The maximum atomic E-state index is 12.2. The van der Waals surface area contributed by atoms with Crippen LogP contribution in [0.1, 0.15) is 32.8 Å². The van der Waals surface area contributed by atoms with Crippen molar-refractivity contribution in [3.05, 3.63) is 38.3 Å². The molecule has 1 aromatic rings. The van der Waals surface area contributed by atoms with Gasteiger partial charge in [-0.2, -0.15) is 0 Å². The number of amides is 1. The number of carboxylic acids is 1. The predicted octanol–water partition coefficient (Wildman–Crippen LogP) is 3.61. The second-order valence-corrected chi connectivity index (χ2v) is 8.30. The van der Waals surface area contributed by atoms with Gasteiger partial charge in [-0.25, -0.2) is 4.79 Å². The van der Waals surface area contributed by atoms with Crippen LogP contribution in [0.4, 0.5) is 10.5 Å². The zero-order chi connectivity index (χ0) is 19.7. The summed E-state index contributed by atoms with van der Waals surface area (Å²) < 4.78 is 5.80. The Balaban J connectivity index is 2.21. The lowest BCUT2D eigenvalue weighted by Crippen LogP contribution is -2.40. The SMILES string of the molecule is CC(C)(C)OC(=O)N1CCC(Cc2ccc([N+](=O)[O-])cc2Br)(C(=O)O)C1. The van der Waals surface area contributed by atoms with Gasteiger partial charge in [0.05, 0.1) is 10.3 Å². The molecule has 1 unspecified atom stereocenters. The highest BCUT2D eigenvalue weighted by atomic mass is 79.9. The van der Waals surface area contributed by atoms with Crippen molar-refractivity contribution < 1.29 is 24.4 Å². The van der Waals surface area contributed by atoms with Gasteiger partial charge in [0.25, 0.3) is 5.69 Å². The summed E-state index contributed by atoms with van der Waals surface area (Å²) >= 11 is 3.28. The third-order valence-electron chi connectivity index (χ3n) is 4.24. The number of carbonyl (C=O) groups is 2. The van der Waals surface area contributed by atoms with Crippen molar-refractivity contribution in [2.75, 3.05) is 13.1 Å². The fraction of sp³-hybridized carbons (Fsp3) is 0.529. The molecule has 1 aromatic carbocycles. The number of nitrogens with zero attached hydrogens (tertiary/aromatic N) is 2. The minimum atomic E-state index is -1.16. The molecular formula is C17H21BrN2O6. The summed E-state index contributed by atoms with van der Waals surface area (Å²) in [7, 11) is 0. The van der Waals surface area contributed by atoms with E-state index in [4.69, 9.17) is 4.74 Å². The number of aliphatic carboxylic acids is 1. The summed E-state index contributed by atoms with van der Waals surface area (Å²) in [4.78, 5) is 35.9. The average molecular weight is 429 g/mol. The van der Waals surface area contributed by atoms with Gasteiger partial charge < -0.3 is 14.7 Å². The van der Waals surface area contributed by atoms with E-state index in [1.54, 1.807) is 26.8 Å². The van der Waals surface area contributed by atoms with E-state index < -0.39 is 28.0 Å². The lowest BCUT2D eigenvalue weighted by molar-refractivity contribution is -0.384. The Morgan fingerprint density at radius 3 is 2.58 bits per heavy atom. The monoisotopic (exact) mass is 428 g/mol. The standard InChI is InChI=1S/C17H21BrN2O6/c1-16(2,3)26-15(23)19-7-6-17(10-19,14(21)22)9-11-4-5-12(20(24)25)8-13(11)18/h4-5,8H,6-7,9-10H2,1-3H3,(H,21,22). The van der Waals surface area contributed by atoms with Crippen LogP contribution < -0.4 is 0 Å². The lowest BCUT2D eigenvalue weighted by Gasteiger charge is -2.27. The highest BCUT2D eigenvalue weighted by molar-refractivity contribution is 9.10. The molecule has 142 valence electrons. The largest absolute Gasteiger partial charge is 0.481 e. The molecule has 26 heavy (non-hydrogen) atoms. The first-order valence-corrected chi connectivity index (χ1v) is 8.87. The van der Waals surface area contributed by atoms with E-state index in [2.05, 4.69) is 15.9 Å². The molecule has 1 atom stereocenters. The molecule has 1 fully saturated rings. The van der Waals surface area contributed by atoms with Gasteiger partial charge in [0.2, 0.25) is 0 Å². The summed E-state index contributed by atoms with van der Waals surface area (Å²) in [5, 5.41) is 20.6. The molecule has 0 spiro atoms. The third-order valence-corrected chi connectivity index (χ3v) is 4.97. The van der Waals surface area contributed by atoms with Crippen molar-refractivity contribution in [1.82, 2.24) is 4.90 Å². The summed E-state index contributed by atoms with van der Waals surface area (Å²) in [5.74, 6) is -1.01. The number of carbonyl (C=O) groups excluding carboxylic acids is 1. The predicted molar refractivity (Wildman–Crippen MR) is 97.0 cm³/mol.